The van der Waals surface area contributed by atoms with Gasteiger partial charge < -0.3 is 0 Å². The molecule has 0 saturated carbocycles. The lowest BCUT2D eigenvalue weighted by molar-refractivity contribution is 0.795. The predicted octanol–water partition coefficient (Wildman–Crippen LogP) is 6.23. The summed E-state index contributed by atoms with van der Waals surface area (Å²) in [7, 11) is 0. The maximum atomic E-state index is 2.41. The van der Waals surface area contributed by atoms with Gasteiger partial charge in [0.15, 0.2) is 0 Å². The Morgan fingerprint density at radius 3 is 0.903 bits per heavy atom. The van der Waals surface area contributed by atoms with Gasteiger partial charge in [0.2, 0.25) is 0 Å². The van der Waals surface area contributed by atoms with Crippen molar-refractivity contribution in [3.05, 3.63) is 89.5 Å². The molecule has 0 aliphatic carbocycles. The largest absolute Gasteiger partial charge is 0.383 e. The van der Waals surface area contributed by atoms with Gasteiger partial charge in [-0.05, 0) is 55.2 Å². The molecule has 3 aromatic rings. The Labute approximate surface area is 195 Å². The number of hydrogen-bond donors (Lipinski definition) is 0. The van der Waals surface area contributed by atoms with E-state index in [4.69, 9.17) is 0 Å². The molecule has 0 aliphatic heterocycles. The summed E-state index contributed by atoms with van der Waals surface area (Å²) in [6, 6.07) is 28.7. The molecule has 0 fully saturated rings. The molecule has 3 rings (SSSR count). The van der Waals surface area contributed by atoms with E-state index < -0.39 is 14.1 Å². The highest BCUT2D eigenvalue weighted by atomic mass is 27.2. The number of unbranched alkanes of at least 4 members (excludes halogenated alkanes) is 3. The van der Waals surface area contributed by atoms with Crippen LogP contribution in [0.15, 0.2) is 72.8 Å². The molecule has 0 spiro atoms. The van der Waals surface area contributed by atoms with Crippen LogP contribution >= 0.6 is 0 Å². The van der Waals surface area contributed by atoms with Crippen molar-refractivity contribution in [1.29, 1.82) is 0 Å². The van der Waals surface area contributed by atoms with Gasteiger partial charge in [-0.1, -0.05) is 126 Å². The van der Waals surface area contributed by atoms with Crippen LogP contribution < -0.4 is 13.3 Å². The molecule has 0 radical (unpaired) electrons. The fourth-order valence-corrected chi connectivity index (χ4v) is 7.24. The minimum Gasteiger partial charge on any atom is -0.0986 e. The van der Waals surface area contributed by atoms with Gasteiger partial charge in [0.1, 0.15) is 0 Å². The van der Waals surface area contributed by atoms with Crippen molar-refractivity contribution >= 4 is 27.4 Å². The zero-order chi connectivity index (χ0) is 21.9. The van der Waals surface area contributed by atoms with E-state index in [-0.39, 0.29) is 0 Å². The molecular weight excluding hydrogens is 387 g/mol. The van der Waals surface area contributed by atoms with Crippen molar-refractivity contribution in [3.8, 4) is 0 Å². The highest BCUT2D eigenvalue weighted by Gasteiger charge is 2.25. The fraction of sp³-hybridized carbons (Fsp3) is 0.400. The summed E-state index contributed by atoms with van der Waals surface area (Å²) in [6.45, 7) is 6.81. The Balaban J connectivity index is 1.90. The summed E-state index contributed by atoms with van der Waals surface area (Å²) in [5.74, 6) is 0. The first-order chi connectivity index (χ1) is 15.2. The Morgan fingerprint density at radius 1 is 0.419 bits per heavy atom. The van der Waals surface area contributed by atoms with Gasteiger partial charge in [0.05, 0.1) is 0 Å². The smallest absolute Gasteiger partial charge is 0.0986 e. The second kappa shape index (κ2) is 12.9. The van der Waals surface area contributed by atoms with Crippen molar-refractivity contribution < 1.29 is 0 Å². The molecule has 31 heavy (non-hydrogen) atoms. The zero-order valence-electron chi connectivity index (χ0n) is 19.9. The highest BCUT2D eigenvalue weighted by Crippen LogP contribution is 2.08. The molecule has 0 atom stereocenters. The molecule has 0 amide bonds. The molecule has 0 aliphatic rings. The molecular formula is C30H39Al. The van der Waals surface area contributed by atoms with Gasteiger partial charge in [-0.3, -0.25) is 0 Å². The number of aryl methyl sites for hydroxylation is 3. The molecule has 3 aromatic carbocycles. The van der Waals surface area contributed by atoms with Gasteiger partial charge >= 0.3 is 14.1 Å². The van der Waals surface area contributed by atoms with Crippen LogP contribution in [0.1, 0.15) is 76.0 Å². The van der Waals surface area contributed by atoms with Crippen molar-refractivity contribution in [3.63, 3.8) is 0 Å². The van der Waals surface area contributed by atoms with Gasteiger partial charge in [0, 0.05) is 0 Å². The molecule has 0 unspecified atom stereocenters. The third-order valence-corrected chi connectivity index (χ3v) is 9.55. The first kappa shape index (κ1) is 23.8. The third-order valence-electron chi connectivity index (χ3n) is 6.40. The van der Waals surface area contributed by atoms with E-state index in [9.17, 15) is 0 Å². The zero-order valence-corrected chi connectivity index (χ0v) is 21.0. The second-order valence-corrected chi connectivity index (χ2v) is 11.8. The molecule has 0 aromatic heterocycles. The van der Waals surface area contributed by atoms with E-state index in [1.54, 1.807) is 0 Å². The quantitative estimate of drug-likeness (QED) is 0.301. The van der Waals surface area contributed by atoms with Crippen LogP contribution in [-0.2, 0) is 19.3 Å². The summed E-state index contributed by atoms with van der Waals surface area (Å²) in [6.07, 6.45) is 11.2. The van der Waals surface area contributed by atoms with E-state index in [0.29, 0.717) is 0 Å². The molecule has 1 heteroatoms. The highest BCUT2D eigenvalue weighted by molar-refractivity contribution is 6.95. The van der Waals surface area contributed by atoms with Gasteiger partial charge in [-0.15, -0.1) is 0 Å². The van der Waals surface area contributed by atoms with E-state index in [2.05, 4.69) is 93.6 Å². The average molecular weight is 427 g/mol. The second-order valence-electron chi connectivity index (χ2n) is 8.97. The lowest BCUT2D eigenvalue weighted by Crippen LogP contribution is -2.52. The molecule has 0 N–H and O–H groups in total. The summed E-state index contributed by atoms with van der Waals surface area (Å²) in [5.41, 5.74) is 4.43. The third kappa shape index (κ3) is 7.10. The molecule has 0 bridgehead atoms. The summed E-state index contributed by atoms with van der Waals surface area (Å²) in [4.78, 5) is 0. The van der Waals surface area contributed by atoms with Gasteiger partial charge in [-0.2, -0.15) is 0 Å². The summed E-state index contributed by atoms with van der Waals surface area (Å²) in [5, 5.41) is 0. The minimum atomic E-state index is -1.45. The number of benzene rings is 3. The predicted molar refractivity (Wildman–Crippen MR) is 140 cm³/mol. The first-order valence-electron chi connectivity index (χ1n) is 12.5. The van der Waals surface area contributed by atoms with Gasteiger partial charge in [-0.25, -0.2) is 0 Å². The topological polar surface area (TPSA) is 0 Å². The van der Waals surface area contributed by atoms with Crippen LogP contribution in [0.25, 0.3) is 0 Å². The van der Waals surface area contributed by atoms with E-state index >= 15 is 0 Å². The van der Waals surface area contributed by atoms with Crippen LogP contribution in [0, 0.1) is 0 Å². The molecule has 162 valence electrons. The molecule has 0 saturated heterocycles. The van der Waals surface area contributed by atoms with Gasteiger partial charge in [0.25, 0.3) is 0 Å². The van der Waals surface area contributed by atoms with Crippen LogP contribution in [-0.4, -0.2) is 14.1 Å². The van der Waals surface area contributed by atoms with Crippen LogP contribution in [0.4, 0.5) is 0 Å². The normalized spacial score (nSPS) is 10.9. The molecule has 0 nitrogen and oxygen atoms in total. The van der Waals surface area contributed by atoms with Crippen molar-refractivity contribution in [2.45, 2.75) is 78.6 Å². The maximum Gasteiger partial charge on any atom is 0.383 e. The van der Waals surface area contributed by atoms with Crippen molar-refractivity contribution in [1.82, 2.24) is 0 Å². The van der Waals surface area contributed by atoms with Crippen LogP contribution in [0.5, 0.6) is 0 Å². The minimum absolute atomic E-state index is 1.20. The number of hydrogen-bond acceptors (Lipinski definition) is 0. The summed E-state index contributed by atoms with van der Waals surface area (Å²) < 4.78 is 4.59. The van der Waals surface area contributed by atoms with Crippen LogP contribution in [0.3, 0.4) is 0 Å². The monoisotopic (exact) mass is 426 g/mol. The maximum absolute atomic E-state index is 2.41. The number of rotatable bonds is 12. The van der Waals surface area contributed by atoms with Crippen LogP contribution in [0.2, 0.25) is 0 Å². The standard InChI is InChI=1S/3C10H13.Al/c3*1-2-3-7-10-8-5-4-6-9-10;/h3*5-6,8-9H,2-3,7H2,1H3;. The van der Waals surface area contributed by atoms with Crippen molar-refractivity contribution in [2.24, 2.45) is 0 Å². The first-order valence-corrected chi connectivity index (χ1v) is 14.2. The van der Waals surface area contributed by atoms with E-state index in [1.807, 2.05) is 0 Å². The molecule has 0 heterocycles. The fourth-order valence-electron chi connectivity index (χ4n) is 4.35. The van der Waals surface area contributed by atoms with E-state index in [1.165, 1.54) is 87.8 Å². The Hall–Kier alpha value is -1.81. The van der Waals surface area contributed by atoms with E-state index in [0.717, 1.165) is 0 Å². The Kier molecular flexibility index (Phi) is 9.93. The SMILES string of the molecule is CCCCc1cc[c]([Al]([c]2ccc(CCCC)cc2)[c]2ccc(CCCC)cc2)cc1. The Morgan fingerprint density at radius 2 is 0.677 bits per heavy atom. The lowest BCUT2D eigenvalue weighted by atomic mass is 10.1. The average Bonchev–Trinajstić information content (AvgIpc) is 2.82. The summed E-state index contributed by atoms with van der Waals surface area (Å²) >= 11 is -1.45. The Bertz CT molecular complexity index is 753. The lowest BCUT2D eigenvalue weighted by Gasteiger charge is -2.16. The van der Waals surface area contributed by atoms with Crippen molar-refractivity contribution in [2.75, 3.05) is 0 Å².